The molecule has 0 radical (unpaired) electrons. The van der Waals surface area contributed by atoms with Gasteiger partial charge in [-0.1, -0.05) is 66.2 Å². The molecule has 0 unspecified atom stereocenters. The molecule has 2 heterocycles. The van der Waals surface area contributed by atoms with Gasteiger partial charge in [-0.05, 0) is 94.1 Å². The van der Waals surface area contributed by atoms with E-state index in [1.807, 2.05) is 6.07 Å². The Morgan fingerprint density at radius 1 is 0.923 bits per heavy atom. The Balaban J connectivity index is 1.54. The van der Waals surface area contributed by atoms with Crippen LogP contribution in [0.3, 0.4) is 0 Å². The number of carbonyl (C=O) groups excluding carboxylic acids is 1. The lowest BCUT2D eigenvalue weighted by Crippen LogP contribution is -2.34. The first-order valence-corrected chi connectivity index (χ1v) is 16.4. The van der Waals surface area contributed by atoms with Crippen molar-refractivity contribution in [1.82, 2.24) is 19.4 Å². The summed E-state index contributed by atoms with van der Waals surface area (Å²) in [5.74, 6) is 3.45. The van der Waals surface area contributed by atoms with Gasteiger partial charge in [-0.25, -0.2) is 4.98 Å². The molecule has 0 spiro atoms. The predicted molar refractivity (Wildman–Crippen MR) is 164 cm³/mol. The van der Waals surface area contributed by atoms with E-state index in [2.05, 4.69) is 54.2 Å². The van der Waals surface area contributed by atoms with Gasteiger partial charge < -0.3 is 14.4 Å². The molecule has 4 rings (SSSR count). The lowest BCUT2D eigenvalue weighted by atomic mass is 9.86. The minimum Gasteiger partial charge on any atom is -0.339 e. The number of aromatic nitrogens is 2. The van der Waals surface area contributed by atoms with Gasteiger partial charge in [0.15, 0.2) is 0 Å². The van der Waals surface area contributed by atoms with E-state index in [0.29, 0.717) is 11.8 Å². The maximum Gasteiger partial charge on any atom is 0.253 e. The summed E-state index contributed by atoms with van der Waals surface area (Å²) in [6.45, 7) is 15.3. The van der Waals surface area contributed by atoms with Crippen LogP contribution in [-0.4, -0.2) is 58.0 Å². The van der Waals surface area contributed by atoms with Crippen molar-refractivity contribution >= 4 is 16.9 Å². The van der Waals surface area contributed by atoms with Gasteiger partial charge in [-0.2, -0.15) is 0 Å². The van der Waals surface area contributed by atoms with Gasteiger partial charge in [0.1, 0.15) is 5.82 Å². The van der Waals surface area contributed by atoms with Crippen LogP contribution in [0.4, 0.5) is 0 Å². The normalized spacial score (nSPS) is 17.5. The summed E-state index contributed by atoms with van der Waals surface area (Å²) >= 11 is 0. The number of piperidine rings is 1. The van der Waals surface area contributed by atoms with E-state index in [1.54, 1.807) is 0 Å². The minimum absolute atomic E-state index is 0.183. The van der Waals surface area contributed by atoms with Crippen LogP contribution >= 0.6 is 0 Å². The minimum atomic E-state index is 0.183. The molecule has 5 heteroatoms. The number of likely N-dealkylation sites (tertiary alicyclic amines) is 1. The second kappa shape index (κ2) is 15.2. The molecule has 0 N–H and O–H groups in total. The van der Waals surface area contributed by atoms with Crippen LogP contribution in [-0.2, 0) is 13.0 Å². The molecule has 1 saturated heterocycles. The molecule has 1 saturated carbocycles. The molecule has 39 heavy (non-hydrogen) atoms. The van der Waals surface area contributed by atoms with E-state index in [9.17, 15) is 4.79 Å². The lowest BCUT2D eigenvalue weighted by Gasteiger charge is -2.26. The molecule has 2 aromatic rings. The maximum atomic E-state index is 13.8. The summed E-state index contributed by atoms with van der Waals surface area (Å²) in [5.41, 5.74) is 3.04. The Kier molecular flexibility index (Phi) is 11.7. The van der Waals surface area contributed by atoms with E-state index in [-0.39, 0.29) is 5.91 Å². The van der Waals surface area contributed by atoms with Gasteiger partial charge in [0, 0.05) is 31.6 Å². The number of hydrogen-bond acceptors (Lipinski definition) is 3. The summed E-state index contributed by atoms with van der Waals surface area (Å²) in [5, 5.41) is 0. The van der Waals surface area contributed by atoms with Gasteiger partial charge in [-0.15, -0.1) is 0 Å². The first-order valence-electron chi connectivity index (χ1n) is 16.4. The van der Waals surface area contributed by atoms with Crippen LogP contribution in [0, 0.1) is 17.8 Å². The summed E-state index contributed by atoms with van der Waals surface area (Å²) in [6.07, 6.45) is 16.6. The van der Waals surface area contributed by atoms with Gasteiger partial charge in [0.2, 0.25) is 0 Å². The third kappa shape index (κ3) is 9.06. The summed E-state index contributed by atoms with van der Waals surface area (Å²) < 4.78 is 2.48. The number of amides is 1. The van der Waals surface area contributed by atoms with Crippen molar-refractivity contribution in [2.24, 2.45) is 17.8 Å². The molecule has 1 aliphatic heterocycles. The smallest absolute Gasteiger partial charge is 0.253 e. The number of carbonyl (C=O) groups is 1. The highest BCUT2D eigenvalue weighted by atomic mass is 16.2. The zero-order valence-corrected chi connectivity index (χ0v) is 25.6. The van der Waals surface area contributed by atoms with E-state index >= 15 is 0 Å². The summed E-state index contributed by atoms with van der Waals surface area (Å²) in [4.78, 5) is 23.7. The second-order valence-corrected chi connectivity index (χ2v) is 13.3. The van der Waals surface area contributed by atoms with Crippen LogP contribution in [0.25, 0.3) is 11.0 Å². The fourth-order valence-corrected chi connectivity index (χ4v) is 6.52. The van der Waals surface area contributed by atoms with Gasteiger partial charge in [0.05, 0.1) is 11.0 Å². The number of fused-ring (bicyclic) bond motifs is 1. The fourth-order valence-electron chi connectivity index (χ4n) is 6.52. The number of imidazole rings is 1. The van der Waals surface area contributed by atoms with Gasteiger partial charge in [0.25, 0.3) is 5.91 Å². The number of nitrogens with zero attached hydrogens (tertiary/aromatic N) is 4. The molecule has 1 aliphatic carbocycles. The van der Waals surface area contributed by atoms with Crippen LogP contribution in [0.1, 0.15) is 121 Å². The zero-order valence-electron chi connectivity index (χ0n) is 25.6. The van der Waals surface area contributed by atoms with Crippen molar-refractivity contribution in [3.8, 4) is 0 Å². The average Bonchev–Trinajstić information content (AvgIpc) is 3.29. The molecule has 1 aromatic carbocycles. The van der Waals surface area contributed by atoms with Crippen molar-refractivity contribution in [2.75, 3.05) is 32.7 Å². The predicted octanol–water partition coefficient (Wildman–Crippen LogP) is 7.96. The third-order valence-electron chi connectivity index (χ3n) is 9.12. The van der Waals surface area contributed by atoms with Crippen molar-refractivity contribution in [3.63, 3.8) is 0 Å². The molecule has 1 aromatic heterocycles. The summed E-state index contributed by atoms with van der Waals surface area (Å²) in [7, 11) is 0. The van der Waals surface area contributed by atoms with Crippen LogP contribution in [0.5, 0.6) is 0 Å². The van der Waals surface area contributed by atoms with Gasteiger partial charge >= 0.3 is 0 Å². The number of benzene rings is 1. The number of aryl methyl sites for hydroxylation is 2. The second-order valence-electron chi connectivity index (χ2n) is 13.3. The molecule has 218 valence electrons. The largest absolute Gasteiger partial charge is 0.339 e. The zero-order chi connectivity index (χ0) is 27.6. The molecular formula is C34H56N4O. The highest BCUT2D eigenvalue weighted by Crippen LogP contribution is 2.29. The van der Waals surface area contributed by atoms with E-state index in [1.165, 1.54) is 83.2 Å². The SMILES string of the molecule is CC(C)CCN(CCC(C)C)C(=O)c1ccc2nc(CCC3CCCCC3)n(CCCN3CCCCC3)c2c1. The molecule has 2 aliphatic rings. The van der Waals surface area contributed by atoms with E-state index in [0.717, 1.165) is 67.8 Å². The standard InChI is InChI=1S/C34H56N4O/c1-27(2)18-24-37(25-19-28(3)4)34(39)30-15-16-31-32(26-30)38(23-11-22-36-20-9-6-10-21-36)33(35-31)17-14-29-12-7-5-8-13-29/h15-16,26-29H,5-14,17-25H2,1-4H3. The van der Waals surface area contributed by atoms with Crippen molar-refractivity contribution in [3.05, 3.63) is 29.6 Å². The maximum absolute atomic E-state index is 13.8. The number of hydrogen-bond donors (Lipinski definition) is 0. The van der Waals surface area contributed by atoms with Crippen LogP contribution in [0.2, 0.25) is 0 Å². The molecule has 5 nitrogen and oxygen atoms in total. The van der Waals surface area contributed by atoms with Crippen LogP contribution in [0.15, 0.2) is 18.2 Å². The van der Waals surface area contributed by atoms with Gasteiger partial charge in [-0.3, -0.25) is 4.79 Å². The highest BCUT2D eigenvalue weighted by Gasteiger charge is 2.21. The van der Waals surface area contributed by atoms with E-state index in [4.69, 9.17) is 4.98 Å². The molecule has 0 atom stereocenters. The van der Waals surface area contributed by atoms with E-state index < -0.39 is 0 Å². The summed E-state index contributed by atoms with van der Waals surface area (Å²) in [6, 6.07) is 6.29. The topological polar surface area (TPSA) is 41.4 Å². The van der Waals surface area contributed by atoms with Crippen molar-refractivity contribution in [1.29, 1.82) is 0 Å². The quantitative estimate of drug-likeness (QED) is 0.246. The number of rotatable bonds is 14. The Morgan fingerprint density at radius 3 is 2.26 bits per heavy atom. The monoisotopic (exact) mass is 536 g/mol. The van der Waals surface area contributed by atoms with Crippen LogP contribution < -0.4 is 0 Å². The van der Waals surface area contributed by atoms with Crippen molar-refractivity contribution in [2.45, 2.75) is 118 Å². The Bertz CT molecular complexity index is 1000. The van der Waals surface area contributed by atoms with Crippen molar-refractivity contribution < 1.29 is 4.79 Å². The first-order chi connectivity index (χ1) is 18.9. The molecular weight excluding hydrogens is 480 g/mol. The lowest BCUT2D eigenvalue weighted by molar-refractivity contribution is 0.0741. The molecule has 1 amide bonds. The first kappa shape index (κ1) is 30.1. The molecule has 2 fully saturated rings. The Hall–Kier alpha value is -1.88. The Labute approximate surface area is 238 Å². The molecule has 0 bridgehead atoms. The fraction of sp³-hybridized carbons (Fsp3) is 0.765. The average molecular weight is 537 g/mol. The third-order valence-corrected chi connectivity index (χ3v) is 9.12. The highest BCUT2D eigenvalue weighted by molar-refractivity contribution is 5.97. The Morgan fingerprint density at radius 2 is 1.59 bits per heavy atom.